The third-order valence-corrected chi connectivity index (χ3v) is 4.87. The molecule has 2 unspecified atom stereocenters. The standard InChI is InChI=1S/C17H23FN2O/c1-4-19-16(12-9-17(12,2)3)11-7-10-5-6-15(21)20-14(10)8-13(11)18/h7-8,12,16,19H,4-6,9H2,1-3H3,(H,20,21). The molecule has 0 aromatic heterocycles. The average molecular weight is 290 g/mol. The molecule has 3 rings (SSSR count). The molecule has 4 heteroatoms. The Labute approximate surface area is 125 Å². The van der Waals surface area contributed by atoms with Crippen molar-refractivity contribution < 1.29 is 9.18 Å². The molecule has 2 N–H and O–H groups in total. The summed E-state index contributed by atoms with van der Waals surface area (Å²) in [6, 6.07) is 3.50. The summed E-state index contributed by atoms with van der Waals surface area (Å²) in [6.07, 6.45) is 2.30. The number of benzene rings is 1. The minimum absolute atomic E-state index is 0.0267. The van der Waals surface area contributed by atoms with E-state index in [1.807, 2.05) is 6.07 Å². The highest BCUT2D eigenvalue weighted by Gasteiger charge is 2.50. The van der Waals surface area contributed by atoms with Gasteiger partial charge in [-0.3, -0.25) is 4.79 Å². The lowest BCUT2D eigenvalue weighted by molar-refractivity contribution is -0.116. The lowest BCUT2D eigenvalue weighted by Gasteiger charge is -2.24. The topological polar surface area (TPSA) is 41.1 Å². The van der Waals surface area contributed by atoms with E-state index in [-0.39, 0.29) is 23.2 Å². The van der Waals surface area contributed by atoms with Crippen LogP contribution in [0.1, 0.15) is 50.8 Å². The Morgan fingerprint density at radius 1 is 1.43 bits per heavy atom. The van der Waals surface area contributed by atoms with Crippen LogP contribution in [-0.2, 0) is 11.2 Å². The van der Waals surface area contributed by atoms with Crippen LogP contribution in [-0.4, -0.2) is 12.5 Å². The number of anilines is 1. The fourth-order valence-corrected chi connectivity index (χ4v) is 3.43. The van der Waals surface area contributed by atoms with E-state index in [2.05, 4.69) is 31.4 Å². The lowest BCUT2D eigenvalue weighted by Crippen LogP contribution is -2.26. The van der Waals surface area contributed by atoms with Crippen molar-refractivity contribution in [3.8, 4) is 0 Å². The molecule has 3 nitrogen and oxygen atoms in total. The molecule has 1 fully saturated rings. The summed E-state index contributed by atoms with van der Waals surface area (Å²) >= 11 is 0. The zero-order chi connectivity index (χ0) is 15.2. The van der Waals surface area contributed by atoms with Crippen molar-refractivity contribution >= 4 is 11.6 Å². The molecule has 1 saturated carbocycles. The summed E-state index contributed by atoms with van der Waals surface area (Å²) in [5.74, 6) is 0.231. The van der Waals surface area contributed by atoms with Gasteiger partial charge in [-0.2, -0.15) is 0 Å². The number of rotatable bonds is 4. The van der Waals surface area contributed by atoms with Gasteiger partial charge in [-0.1, -0.05) is 20.8 Å². The van der Waals surface area contributed by atoms with Gasteiger partial charge in [-0.15, -0.1) is 0 Å². The zero-order valence-electron chi connectivity index (χ0n) is 12.9. The van der Waals surface area contributed by atoms with E-state index in [9.17, 15) is 9.18 Å². The Balaban J connectivity index is 1.95. The number of nitrogens with one attached hydrogen (secondary N) is 2. The number of carbonyl (C=O) groups is 1. The minimum atomic E-state index is -0.218. The number of aryl methyl sites for hydroxylation is 1. The van der Waals surface area contributed by atoms with Gasteiger partial charge in [-0.25, -0.2) is 4.39 Å². The van der Waals surface area contributed by atoms with E-state index >= 15 is 0 Å². The van der Waals surface area contributed by atoms with Crippen LogP contribution < -0.4 is 10.6 Å². The first kappa shape index (κ1) is 14.5. The largest absolute Gasteiger partial charge is 0.326 e. The average Bonchev–Trinajstić information content (AvgIpc) is 3.04. The molecule has 0 bridgehead atoms. The second-order valence-corrected chi connectivity index (χ2v) is 6.91. The Bertz CT molecular complexity index is 582. The third kappa shape index (κ3) is 2.69. The predicted molar refractivity (Wildman–Crippen MR) is 81.7 cm³/mol. The van der Waals surface area contributed by atoms with Crippen molar-refractivity contribution in [2.45, 2.75) is 46.1 Å². The molecule has 1 aliphatic carbocycles. The fraction of sp³-hybridized carbons (Fsp3) is 0.588. The van der Waals surface area contributed by atoms with Crippen LogP contribution in [0.5, 0.6) is 0 Å². The van der Waals surface area contributed by atoms with E-state index in [1.54, 1.807) is 0 Å². The molecule has 0 spiro atoms. The first-order valence-corrected chi connectivity index (χ1v) is 7.78. The first-order chi connectivity index (χ1) is 9.92. The Morgan fingerprint density at radius 3 is 2.76 bits per heavy atom. The summed E-state index contributed by atoms with van der Waals surface area (Å²) in [4.78, 5) is 11.4. The SMILES string of the molecule is CCNC(c1cc2c(cc1F)NC(=O)CC2)C1CC1(C)C. The summed E-state index contributed by atoms with van der Waals surface area (Å²) in [6.45, 7) is 7.35. The van der Waals surface area contributed by atoms with Crippen molar-refractivity contribution in [3.05, 3.63) is 29.1 Å². The Kier molecular flexibility index (Phi) is 3.52. The van der Waals surface area contributed by atoms with Crippen LogP contribution in [0.3, 0.4) is 0 Å². The van der Waals surface area contributed by atoms with E-state index in [1.165, 1.54) is 6.07 Å². The van der Waals surface area contributed by atoms with Crippen molar-refractivity contribution in [3.63, 3.8) is 0 Å². The highest BCUT2D eigenvalue weighted by atomic mass is 19.1. The van der Waals surface area contributed by atoms with Crippen LogP contribution >= 0.6 is 0 Å². The van der Waals surface area contributed by atoms with Gasteiger partial charge in [-0.05, 0) is 48.4 Å². The minimum Gasteiger partial charge on any atom is -0.326 e. The molecular formula is C17H23FN2O. The molecular weight excluding hydrogens is 267 g/mol. The van der Waals surface area contributed by atoms with Gasteiger partial charge in [0.1, 0.15) is 5.82 Å². The molecule has 1 aliphatic heterocycles. The van der Waals surface area contributed by atoms with Crippen LogP contribution in [0.2, 0.25) is 0 Å². The van der Waals surface area contributed by atoms with Crippen LogP contribution in [0.15, 0.2) is 12.1 Å². The highest BCUT2D eigenvalue weighted by Crippen LogP contribution is 2.58. The summed E-state index contributed by atoms with van der Waals surface area (Å²) < 4.78 is 14.5. The van der Waals surface area contributed by atoms with E-state index in [0.29, 0.717) is 24.4 Å². The number of carbonyl (C=O) groups excluding carboxylic acids is 1. The van der Waals surface area contributed by atoms with Crippen LogP contribution in [0.25, 0.3) is 0 Å². The maximum atomic E-state index is 14.5. The molecule has 1 aromatic carbocycles. The first-order valence-electron chi connectivity index (χ1n) is 7.78. The monoisotopic (exact) mass is 290 g/mol. The molecule has 0 radical (unpaired) electrons. The third-order valence-electron chi connectivity index (χ3n) is 4.87. The Morgan fingerprint density at radius 2 is 2.14 bits per heavy atom. The molecule has 1 amide bonds. The second-order valence-electron chi connectivity index (χ2n) is 6.91. The second kappa shape index (κ2) is 5.09. The van der Waals surface area contributed by atoms with Gasteiger partial charge in [0.2, 0.25) is 5.91 Å². The van der Waals surface area contributed by atoms with E-state index in [4.69, 9.17) is 0 Å². The molecule has 21 heavy (non-hydrogen) atoms. The van der Waals surface area contributed by atoms with E-state index < -0.39 is 0 Å². The summed E-state index contributed by atoms with van der Waals surface area (Å²) in [5, 5.41) is 6.21. The number of hydrogen-bond acceptors (Lipinski definition) is 2. The molecule has 0 saturated heterocycles. The number of hydrogen-bond donors (Lipinski definition) is 2. The van der Waals surface area contributed by atoms with Crippen molar-refractivity contribution in [1.82, 2.24) is 5.32 Å². The molecule has 2 aliphatic rings. The number of fused-ring (bicyclic) bond motifs is 1. The molecule has 2 atom stereocenters. The molecule has 1 heterocycles. The van der Waals surface area contributed by atoms with Crippen LogP contribution in [0.4, 0.5) is 10.1 Å². The lowest BCUT2D eigenvalue weighted by atomic mass is 9.92. The van der Waals surface area contributed by atoms with Gasteiger partial charge in [0.05, 0.1) is 0 Å². The Hall–Kier alpha value is -1.42. The predicted octanol–water partition coefficient (Wildman–Crippen LogP) is 3.41. The maximum absolute atomic E-state index is 14.5. The highest BCUT2D eigenvalue weighted by molar-refractivity contribution is 5.93. The normalized spacial score (nSPS) is 24.2. The van der Waals surface area contributed by atoms with Gasteiger partial charge in [0.25, 0.3) is 0 Å². The van der Waals surface area contributed by atoms with Gasteiger partial charge in [0, 0.05) is 23.7 Å². The van der Waals surface area contributed by atoms with Crippen molar-refractivity contribution in [2.24, 2.45) is 11.3 Å². The van der Waals surface area contributed by atoms with E-state index in [0.717, 1.165) is 24.1 Å². The van der Waals surface area contributed by atoms with Crippen molar-refractivity contribution in [1.29, 1.82) is 0 Å². The van der Waals surface area contributed by atoms with Crippen LogP contribution in [0, 0.1) is 17.2 Å². The summed E-state index contributed by atoms with van der Waals surface area (Å²) in [5.41, 5.74) is 2.72. The maximum Gasteiger partial charge on any atom is 0.224 e. The zero-order valence-corrected chi connectivity index (χ0v) is 12.9. The van der Waals surface area contributed by atoms with Gasteiger partial charge in [0.15, 0.2) is 0 Å². The summed E-state index contributed by atoms with van der Waals surface area (Å²) in [7, 11) is 0. The van der Waals surface area contributed by atoms with Crippen molar-refractivity contribution in [2.75, 3.05) is 11.9 Å². The number of amides is 1. The quantitative estimate of drug-likeness (QED) is 0.892. The molecule has 114 valence electrons. The van der Waals surface area contributed by atoms with Gasteiger partial charge < -0.3 is 10.6 Å². The smallest absolute Gasteiger partial charge is 0.224 e. The fourth-order valence-electron chi connectivity index (χ4n) is 3.43. The number of halogens is 1. The van der Waals surface area contributed by atoms with Gasteiger partial charge >= 0.3 is 0 Å². The molecule has 1 aromatic rings.